The predicted octanol–water partition coefficient (Wildman–Crippen LogP) is 4.10. The van der Waals surface area contributed by atoms with E-state index in [1.165, 1.54) is 11.1 Å². The van der Waals surface area contributed by atoms with Crippen molar-refractivity contribution in [1.82, 2.24) is 10.2 Å². The lowest BCUT2D eigenvalue weighted by molar-refractivity contribution is 0.195. The molecule has 0 radical (unpaired) electrons. The lowest BCUT2D eigenvalue weighted by Crippen LogP contribution is -2.45. The molecule has 1 aromatic rings. The molecule has 1 N–H and O–H groups in total. The quantitative estimate of drug-likeness (QED) is 0.805. The van der Waals surface area contributed by atoms with Crippen LogP contribution in [0.25, 0.3) is 0 Å². The van der Waals surface area contributed by atoms with Crippen molar-refractivity contribution in [3.63, 3.8) is 0 Å². The molecule has 21 heavy (non-hydrogen) atoms. The number of hydrogen-bond acceptors (Lipinski definition) is 1. The summed E-state index contributed by atoms with van der Waals surface area (Å²) in [7, 11) is 0. The summed E-state index contributed by atoms with van der Waals surface area (Å²) in [6.45, 7) is 12.9. The van der Waals surface area contributed by atoms with Crippen LogP contribution in [0.4, 0.5) is 4.79 Å². The number of hydrogen-bond donors (Lipinski definition) is 1. The van der Waals surface area contributed by atoms with Gasteiger partial charge in [-0.05, 0) is 25.3 Å². The topological polar surface area (TPSA) is 32.3 Å². The highest BCUT2D eigenvalue weighted by atomic mass is 16.2. The number of carbonyl (C=O) groups is 1. The van der Waals surface area contributed by atoms with Crippen molar-refractivity contribution >= 4 is 6.03 Å². The van der Waals surface area contributed by atoms with E-state index in [2.05, 4.69) is 64.2 Å². The zero-order chi connectivity index (χ0) is 15.9. The van der Waals surface area contributed by atoms with Crippen LogP contribution in [-0.4, -0.2) is 30.6 Å². The first-order chi connectivity index (χ1) is 9.90. The Bertz CT molecular complexity index is 431. The van der Waals surface area contributed by atoms with Crippen LogP contribution in [0.5, 0.6) is 0 Å². The Balaban J connectivity index is 2.63. The Morgan fingerprint density at radius 3 is 2.10 bits per heavy atom. The van der Waals surface area contributed by atoms with E-state index in [9.17, 15) is 4.79 Å². The van der Waals surface area contributed by atoms with E-state index in [0.29, 0.717) is 6.54 Å². The van der Waals surface area contributed by atoms with E-state index in [-0.39, 0.29) is 11.4 Å². The lowest BCUT2D eigenvalue weighted by Gasteiger charge is -2.28. The summed E-state index contributed by atoms with van der Waals surface area (Å²) >= 11 is 0. The average Bonchev–Trinajstić information content (AvgIpc) is 2.45. The van der Waals surface area contributed by atoms with Crippen molar-refractivity contribution in [2.24, 2.45) is 0 Å². The molecule has 0 aromatic heterocycles. The van der Waals surface area contributed by atoms with Crippen molar-refractivity contribution in [3.8, 4) is 0 Å². The van der Waals surface area contributed by atoms with Gasteiger partial charge in [0, 0.05) is 25.0 Å². The Hall–Kier alpha value is -1.51. The minimum absolute atomic E-state index is 0.0545. The van der Waals surface area contributed by atoms with E-state index in [4.69, 9.17) is 0 Å². The highest BCUT2D eigenvalue weighted by Crippen LogP contribution is 2.22. The van der Waals surface area contributed by atoms with Gasteiger partial charge in [-0.2, -0.15) is 0 Å². The number of amides is 2. The van der Waals surface area contributed by atoms with Gasteiger partial charge in [-0.3, -0.25) is 0 Å². The van der Waals surface area contributed by atoms with Gasteiger partial charge in [-0.1, -0.05) is 57.5 Å². The molecule has 0 atom stereocenters. The molecular weight excluding hydrogens is 260 g/mol. The van der Waals surface area contributed by atoms with Crippen molar-refractivity contribution in [2.75, 3.05) is 19.6 Å². The molecule has 0 unspecified atom stereocenters. The molecule has 0 saturated carbocycles. The molecule has 0 spiro atoms. The first kappa shape index (κ1) is 17.5. The number of urea groups is 1. The minimum atomic E-state index is -0.0620. The van der Waals surface area contributed by atoms with Gasteiger partial charge in [0.25, 0.3) is 0 Å². The number of rotatable bonds is 7. The van der Waals surface area contributed by atoms with E-state index in [0.717, 1.165) is 25.9 Å². The third-order valence-corrected chi connectivity index (χ3v) is 3.79. The van der Waals surface area contributed by atoms with Gasteiger partial charge < -0.3 is 10.2 Å². The van der Waals surface area contributed by atoms with E-state index in [1.807, 2.05) is 4.90 Å². The average molecular weight is 290 g/mol. The number of benzene rings is 1. The first-order valence-electron chi connectivity index (χ1n) is 8.00. The second kappa shape index (κ2) is 8.06. The third kappa shape index (κ3) is 5.41. The monoisotopic (exact) mass is 290 g/mol. The first-order valence-corrected chi connectivity index (χ1v) is 8.00. The maximum absolute atomic E-state index is 12.3. The molecule has 118 valence electrons. The summed E-state index contributed by atoms with van der Waals surface area (Å²) in [5.41, 5.74) is 2.45. The highest BCUT2D eigenvalue weighted by molar-refractivity contribution is 5.74. The molecule has 0 bridgehead atoms. The van der Waals surface area contributed by atoms with E-state index in [1.54, 1.807) is 0 Å². The molecule has 3 heteroatoms. The van der Waals surface area contributed by atoms with Gasteiger partial charge in [-0.25, -0.2) is 4.79 Å². The van der Waals surface area contributed by atoms with Crippen LogP contribution in [0.3, 0.4) is 0 Å². The van der Waals surface area contributed by atoms with Crippen LogP contribution >= 0.6 is 0 Å². The van der Waals surface area contributed by atoms with Crippen LogP contribution in [0.2, 0.25) is 0 Å². The standard InChI is InChI=1S/C18H30N2O/c1-6-12-20(13-7-2)17(21)19-14-18(4,5)16-10-8-15(3)9-11-16/h8-11H,6-7,12-14H2,1-5H3,(H,19,21). The van der Waals surface area contributed by atoms with Crippen LogP contribution in [0.1, 0.15) is 51.7 Å². The summed E-state index contributed by atoms with van der Waals surface area (Å²) < 4.78 is 0. The molecule has 2 amide bonds. The van der Waals surface area contributed by atoms with Crippen LogP contribution in [0, 0.1) is 6.92 Å². The van der Waals surface area contributed by atoms with E-state index < -0.39 is 0 Å². The molecule has 0 aliphatic rings. The largest absolute Gasteiger partial charge is 0.337 e. The Labute approximate surface area is 129 Å². The fraction of sp³-hybridized carbons (Fsp3) is 0.611. The second-order valence-corrected chi connectivity index (χ2v) is 6.40. The maximum Gasteiger partial charge on any atom is 0.317 e. The highest BCUT2D eigenvalue weighted by Gasteiger charge is 2.22. The molecule has 3 nitrogen and oxygen atoms in total. The second-order valence-electron chi connectivity index (χ2n) is 6.40. The number of aryl methyl sites for hydroxylation is 1. The lowest BCUT2D eigenvalue weighted by atomic mass is 9.84. The van der Waals surface area contributed by atoms with Crippen molar-refractivity contribution in [3.05, 3.63) is 35.4 Å². The molecule has 0 aliphatic heterocycles. The number of nitrogens with zero attached hydrogens (tertiary/aromatic N) is 1. The van der Waals surface area contributed by atoms with Crippen LogP contribution < -0.4 is 5.32 Å². The molecular formula is C18H30N2O. The fourth-order valence-electron chi connectivity index (χ4n) is 2.37. The molecule has 0 fully saturated rings. The van der Waals surface area contributed by atoms with Crippen molar-refractivity contribution in [2.45, 2.75) is 52.9 Å². The zero-order valence-electron chi connectivity index (χ0n) is 14.2. The number of nitrogens with one attached hydrogen (secondary N) is 1. The number of carbonyl (C=O) groups excluding carboxylic acids is 1. The summed E-state index contributed by atoms with van der Waals surface area (Å²) in [5, 5.41) is 3.09. The predicted molar refractivity (Wildman–Crippen MR) is 89.8 cm³/mol. The summed E-state index contributed by atoms with van der Waals surface area (Å²) in [4.78, 5) is 14.2. The van der Waals surface area contributed by atoms with Crippen molar-refractivity contribution < 1.29 is 4.79 Å². The molecule has 0 saturated heterocycles. The third-order valence-electron chi connectivity index (χ3n) is 3.79. The van der Waals surface area contributed by atoms with E-state index >= 15 is 0 Å². The Kier molecular flexibility index (Phi) is 6.73. The van der Waals surface area contributed by atoms with Crippen molar-refractivity contribution in [1.29, 1.82) is 0 Å². The Morgan fingerprint density at radius 2 is 1.62 bits per heavy atom. The molecule has 0 heterocycles. The molecule has 0 aliphatic carbocycles. The SMILES string of the molecule is CCCN(CCC)C(=O)NCC(C)(C)c1ccc(C)cc1. The van der Waals surface area contributed by atoms with Gasteiger partial charge in [0.2, 0.25) is 0 Å². The van der Waals surface area contributed by atoms with Gasteiger partial charge in [0.1, 0.15) is 0 Å². The van der Waals surface area contributed by atoms with Gasteiger partial charge >= 0.3 is 6.03 Å². The Morgan fingerprint density at radius 1 is 1.10 bits per heavy atom. The minimum Gasteiger partial charge on any atom is -0.337 e. The van der Waals surface area contributed by atoms with Crippen LogP contribution in [0.15, 0.2) is 24.3 Å². The van der Waals surface area contributed by atoms with Gasteiger partial charge in [0.05, 0.1) is 0 Å². The molecule has 1 rings (SSSR count). The van der Waals surface area contributed by atoms with Crippen LogP contribution in [-0.2, 0) is 5.41 Å². The van der Waals surface area contributed by atoms with Gasteiger partial charge in [0.15, 0.2) is 0 Å². The normalized spacial score (nSPS) is 11.3. The smallest absolute Gasteiger partial charge is 0.317 e. The fourth-order valence-corrected chi connectivity index (χ4v) is 2.37. The summed E-state index contributed by atoms with van der Waals surface area (Å²) in [6.07, 6.45) is 1.99. The zero-order valence-corrected chi connectivity index (χ0v) is 14.2. The molecule has 1 aromatic carbocycles. The summed E-state index contributed by atoms with van der Waals surface area (Å²) in [6, 6.07) is 8.60. The maximum atomic E-state index is 12.3. The van der Waals surface area contributed by atoms with Gasteiger partial charge in [-0.15, -0.1) is 0 Å². The summed E-state index contributed by atoms with van der Waals surface area (Å²) in [5.74, 6) is 0.